The second kappa shape index (κ2) is 8.49. The maximum Gasteiger partial charge on any atom is 0.0967 e. The molecule has 0 aliphatic heterocycles. The summed E-state index contributed by atoms with van der Waals surface area (Å²) in [5.74, 6) is 0.730. The molecule has 0 heterocycles. The van der Waals surface area contributed by atoms with Crippen molar-refractivity contribution in [3.63, 3.8) is 0 Å². The van der Waals surface area contributed by atoms with Crippen LogP contribution in [-0.2, 0) is 0 Å². The Balaban J connectivity index is 3.96. The molecule has 0 radical (unpaired) electrons. The van der Waals surface area contributed by atoms with E-state index in [-0.39, 0.29) is 6.04 Å². The largest absolute Gasteiger partial charge is 0.304 e. The van der Waals surface area contributed by atoms with Crippen molar-refractivity contribution in [3.05, 3.63) is 0 Å². The first-order chi connectivity index (χ1) is 7.86. The average molecular weight is 239 g/mol. The van der Waals surface area contributed by atoms with E-state index in [1.54, 1.807) is 0 Å². The smallest absolute Gasteiger partial charge is 0.0967 e. The van der Waals surface area contributed by atoms with Gasteiger partial charge in [0, 0.05) is 18.6 Å². The Bertz CT molecular complexity index is 230. The van der Waals surface area contributed by atoms with Gasteiger partial charge in [-0.1, -0.05) is 13.8 Å². The van der Waals surface area contributed by atoms with Crippen LogP contribution in [0, 0.1) is 17.2 Å². The predicted octanol–water partition coefficient (Wildman–Crippen LogP) is 2.63. The van der Waals surface area contributed by atoms with Gasteiger partial charge in [0.25, 0.3) is 0 Å². The molecule has 3 nitrogen and oxygen atoms in total. The Labute approximate surface area is 107 Å². The topological polar surface area (TPSA) is 39.1 Å². The molecule has 0 bridgehead atoms. The monoisotopic (exact) mass is 239 g/mol. The summed E-state index contributed by atoms with van der Waals surface area (Å²) in [4.78, 5) is 2.35. The summed E-state index contributed by atoms with van der Waals surface area (Å²) < 4.78 is 0. The molecule has 0 amide bonds. The van der Waals surface area contributed by atoms with E-state index in [9.17, 15) is 0 Å². The molecule has 100 valence electrons. The zero-order valence-electron chi connectivity index (χ0n) is 12.3. The van der Waals surface area contributed by atoms with Crippen LogP contribution in [0.2, 0.25) is 0 Å². The van der Waals surface area contributed by atoms with E-state index in [0.717, 1.165) is 18.9 Å². The quantitative estimate of drug-likeness (QED) is 0.708. The van der Waals surface area contributed by atoms with Crippen molar-refractivity contribution in [1.82, 2.24) is 10.2 Å². The van der Waals surface area contributed by atoms with E-state index in [2.05, 4.69) is 58.0 Å². The number of nitrogens with one attached hydrogen (secondary N) is 1. The summed E-state index contributed by atoms with van der Waals surface area (Å²) in [6.07, 6.45) is 2.11. The molecule has 0 saturated heterocycles. The van der Waals surface area contributed by atoms with Gasteiger partial charge in [0.15, 0.2) is 0 Å². The van der Waals surface area contributed by atoms with Crippen LogP contribution in [0.4, 0.5) is 0 Å². The van der Waals surface area contributed by atoms with Gasteiger partial charge in [-0.25, -0.2) is 0 Å². The molecule has 0 aromatic carbocycles. The second-order valence-corrected chi connectivity index (χ2v) is 5.75. The Morgan fingerprint density at radius 3 is 2.18 bits per heavy atom. The maximum absolute atomic E-state index is 9.04. The fourth-order valence-corrected chi connectivity index (χ4v) is 2.00. The number of hydrogen-bond donors (Lipinski definition) is 1. The lowest BCUT2D eigenvalue weighted by atomic mass is 10.0. The summed E-state index contributed by atoms with van der Waals surface area (Å²) in [6.45, 7) is 11.9. The lowest BCUT2D eigenvalue weighted by molar-refractivity contribution is 0.220. The summed E-state index contributed by atoms with van der Waals surface area (Å²) >= 11 is 0. The van der Waals surface area contributed by atoms with Gasteiger partial charge < -0.3 is 4.90 Å². The van der Waals surface area contributed by atoms with Crippen LogP contribution < -0.4 is 5.32 Å². The van der Waals surface area contributed by atoms with E-state index in [4.69, 9.17) is 5.26 Å². The Morgan fingerprint density at radius 2 is 1.76 bits per heavy atom. The normalized spacial score (nSPS) is 15.3. The zero-order valence-corrected chi connectivity index (χ0v) is 12.3. The summed E-state index contributed by atoms with van der Waals surface area (Å²) in [5.41, 5.74) is 0. The first-order valence-electron chi connectivity index (χ1n) is 6.72. The molecule has 1 N–H and O–H groups in total. The molecule has 0 fully saturated rings. The molecule has 0 spiro atoms. The molecule has 0 aromatic heterocycles. The molecular formula is C14H29N3. The van der Waals surface area contributed by atoms with Crippen molar-refractivity contribution >= 4 is 0 Å². The van der Waals surface area contributed by atoms with Gasteiger partial charge in [-0.15, -0.1) is 0 Å². The molecule has 0 aliphatic rings. The fourth-order valence-electron chi connectivity index (χ4n) is 2.00. The minimum Gasteiger partial charge on any atom is -0.304 e. The van der Waals surface area contributed by atoms with Gasteiger partial charge in [0.1, 0.15) is 0 Å². The molecule has 2 unspecified atom stereocenters. The van der Waals surface area contributed by atoms with Crippen molar-refractivity contribution < 1.29 is 0 Å². The van der Waals surface area contributed by atoms with E-state index < -0.39 is 0 Å². The lowest BCUT2D eigenvalue weighted by Crippen LogP contribution is -2.38. The Hall–Kier alpha value is -0.590. The Kier molecular flexibility index (Phi) is 8.20. The molecule has 0 aliphatic carbocycles. The SMILES string of the molecule is CC(C)CC(C)N(C)CCC(C#N)NC(C)C. The third-order valence-corrected chi connectivity index (χ3v) is 3.03. The molecule has 2 atom stereocenters. The molecule has 3 heteroatoms. The first kappa shape index (κ1) is 16.4. The number of nitriles is 1. The van der Waals surface area contributed by atoms with Crippen molar-refractivity contribution in [2.24, 2.45) is 5.92 Å². The van der Waals surface area contributed by atoms with Crippen molar-refractivity contribution in [2.45, 2.75) is 65.6 Å². The number of hydrogen-bond acceptors (Lipinski definition) is 3. The minimum absolute atomic E-state index is 0.0244. The van der Waals surface area contributed by atoms with Crippen LogP contribution in [-0.4, -0.2) is 36.6 Å². The fraction of sp³-hybridized carbons (Fsp3) is 0.929. The van der Waals surface area contributed by atoms with Crippen LogP contribution in [0.15, 0.2) is 0 Å². The first-order valence-corrected chi connectivity index (χ1v) is 6.72. The highest BCUT2D eigenvalue weighted by atomic mass is 15.1. The second-order valence-electron chi connectivity index (χ2n) is 5.75. The number of nitrogens with zero attached hydrogens (tertiary/aromatic N) is 2. The minimum atomic E-state index is -0.0244. The standard InChI is InChI=1S/C14H29N3/c1-11(2)9-13(5)17(6)8-7-14(10-15)16-12(3)4/h11-14,16H,7-9H2,1-6H3. The number of rotatable bonds is 8. The lowest BCUT2D eigenvalue weighted by Gasteiger charge is -2.27. The highest BCUT2D eigenvalue weighted by Gasteiger charge is 2.14. The van der Waals surface area contributed by atoms with Gasteiger partial charge in [-0.2, -0.15) is 5.26 Å². The van der Waals surface area contributed by atoms with Crippen molar-refractivity contribution in [3.8, 4) is 6.07 Å². The van der Waals surface area contributed by atoms with Crippen molar-refractivity contribution in [1.29, 1.82) is 5.26 Å². The van der Waals surface area contributed by atoms with Crippen LogP contribution >= 0.6 is 0 Å². The predicted molar refractivity (Wildman–Crippen MR) is 73.8 cm³/mol. The highest BCUT2D eigenvalue weighted by Crippen LogP contribution is 2.10. The molecule has 0 saturated carbocycles. The Morgan fingerprint density at radius 1 is 1.18 bits per heavy atom. The molecular weight excluding hydrogens is 210 g/mol. The summed E-state index contributed by atoms with van der Waals surface area (Å²) in [6, 6.07) is 3.27. The van der Waals surface area contributed by atoms with Gasteiger partial charge in [-0.3, -0.25) is 5.32 Å². The van der Waals surface area contributed by atoms with E-state index in [0.29, 0.717) is 12.1 Å². The third kappa shape index (κ3) is 8.18. The van der Waals surface area contributed by atoms with Gasteiger partial charge in [0.2, 0.25) is 0 Å². The zero-order chi connectivity index (χ0) is 13.4. The third-order valence-electron chi connectivity index (χ3n) is 3.03. The van der Waals surface area contributed by atoms with Gasteiger partial charge >= 0.3 is 0 Å². The van der Waals surface area contributed by atoms with E-state index in [1.165, 1.54) is 6.42 Å². The van der Waals surface area contributed by atoms with Crippen molar-refractivity contribution in [2.75, 3.05) is 13.6 Å². The average Bonchev–Trinajstić information content (AvgIpc) is 2.22. The summed E-state index contributed by atoms with van der Waals surface area (Å²) in [7, 11) is 2.15. The molecule has 0 rings (SSSR count). The van der Waals surface area contributed by atoms with Crippen LogP contribution in [0.25, 0.3) is 0 Å². The molecule has 17 heavy (non-hydrogen) atoms. The maximum atomic E-state index is 9.04. The van der Waals surface area contributed by atoms with Crippen LogP contribution in [0.5, 0.6) is 0 Å². The van der Waals surface area contributed by atoms with E-state index >= 15 is 0 Å². The van der Waals surface area contributed by atoms with Crippen LogP contribution in [0.1, 0.15) is 47.5 Å². The summed E-state index contributed by atoms with van der Waals surface area (Å²) in [5, 5.41) is 12.3. The van der Waals surface area contributed by atoms with Crippen LogP contribution in [0.3, 0.4) is 0 Å². The van der Waals surface area contributed by atoms with E-state index in [1.807, 2.05) is 0 Å². The van der Waals surface area contributed by atoms with Gasteiger partial charge in [-0.05, 0) is 46.6 Å². The highest BCUT2D eigenvalue weighted by molar-refractivity contribution is 4.91. The van der Waals surface area contributed by atoms with Gasteiger partial charge in [0.05, 0.1) is 12.1 Å². The molecule has 0 aromatic rings.